The number of carbonyl (C=O) groups excluding carboxylic acids is 2. The number of carbonyl (C=O) groups is 2. The summed E-state index contributed by atoms with van der Waals surface area (Å²) in [6, 6.07) is 4.52. The molecular formula is C19H26Cl2O4. The van der Waals surface area contributed by atoms with Gasteiger partial charge in [-0.3, -0.25) is 9.59 Å². The van der Waals surface area contributed by atoms with Crippen LogP contribution in [0.1, 0.15) is 64.7 Å². The zero-order valence-electron chi connectivity index (χ0n) is 14.7. The van der Waals surface area contributed by atoms with Crippen LogP contribution in [-0.4, -0.2) is 18.5 Å². The maximum absolute atomic E-state index is 11.7. The molecule has 0 amide bonds. The molecule has 0 aliphatic rings. The van der Waals surface area contributed by atoms with Gasteiger partial charge in [-0.2, -0.15) is 0 Å². The van der Waals surface area contributed by atoms with Crippen molar-refractivity contribution in [3.8, 4) is 5.75 Å². The molecule has 140 valence electrons. The van der Waals surface area contributed by atoms with E-state index in [2.05, 4.69) is 6.92 Å². The Labute approximate surface area is 159 Å². The van der Waals surface area contributed by atoms with Crippen molar-refractivity contribution < 1.29 is 19.1 Å². The molecule has 0 spiro atoms. The fraction of sp³-hybridized carbons (Fsp3) is 0.579. The van der Waals surface area contributed by atoms with Crippen LogP contribution in [0.15, 0.2) is 18.2 Å². The molecule has 1 rings (SSSR count). The normalized spacial score (nSPS) is 10.5. The van der Waals surface area contributed by atoms with Crippen molar-refractivity contribution in [3.05, 3.63) is 28.2 Å². The highest BCUT2D eigenvalue weighted by molar-refractivity contribution is 6.34. The minimum Gasteiger partial charge on any atom is -0.466 e. The number of rotatable bonds is 12. The first-order valence-corrected chi connectivity index (χ1v) is 9.59. The molecule has 0 fully saturated rings. The molecule has 0 aromatic heterocycles. The standard InChI is InChI=1S/C19H26Cl2O4/c1-2-3-4-5-6-7-8-11-24-18(22)9-10-19(23)25-17-13-15(20)12-16(21)14-17/h12-14H,2-11H2,1H3. The van der Waals surface area contributed by atoms with Gasteiger partial charge in [-0.05, 0) is 24.6 Å². The summed E-state index contributed by atoms with van der Waals surface area (Å²) in [7, 11) is 0. The van der Waals surface area contributed by atoms with Crippen LogP contribution in [0.3, 0.4) is 0 Å². The average Bonchev–Trinajstić information content (AvgIpc) is 2.54. The number of hydrogen-bond donors (Lipinski definition) is 0. The van der Waals surface area contributed by atoms with Gasteiger partial charge in [0.05, 0.1) is 19.4 Å². The number of halogens is 2. The van der Waals surface area contributed by atoms with Crippen LogP contribution in [0.4, 0.5) is 0 Å². The van der Waals surface area contributed by atoms with E-state index in [0.717, 1.165) is 12.8 Å². The third-order valence-corrected chi connectivity index (χ3v) is 4.05. The highest BCUT2D eigenvalue weighted by Crippen LogP contribution is 2.24. The second kappa shape index (κ2) is 13.0. The Bertz CT molecular complexity index is 526. The first-order chi connectivity index (χ1) is 12.0. The molecule has 4 nitrogen and oxygen atoms in total. The third kappa shape index (κ3) is 11.1. The van der Waals surface area contributed by atoms with Crippen LogP contribution < -0.4 is 4.74 Å². The van der Waals surface area contributed by atoms with Gasteiger partial charge in [0, 0.05) is 10.0 Å². The Hall–Kier alpha value is -1.26. The second-order valence-electron chi connectivity index (χ2n) is 5.92. The number of unbranched alkanes of at least 4 members (excludes halogenated alkanes) is 6. The van der Waals surface area contributed by atoms with E-state index in [4.69, 9.17) is 32.7 Å². The number of hydrogen-bond acceptors (Lipinski definition) is 4. The monoisotopic (exact) mass is 388 g/mol. The topological polar surface area (TPSA) is 52.6 Å². The van der Waals surface area contributed by atoms with Crippen molar-refractivity contribution in [1.29, 1.82) is 0 Å². The van der Waals surface area contributed by atoms with E-state index >= 15 is 0 Å². The molecule has 0 unspecified atom stereocenters. The molecule has 0 bridgehead atoms. The van der Waals surface area contributed by atoms with Crippen molar-refractivity contribution in [2.45, 2.75) is 64.7 Å². The van der Waals surface area contributed by atoms with Crippen molar-refractivity contribution in [2.75, 3.05) is 6.61 Å². The lowest BCUT2D eigenvalue weighted by atomic mass is 10.1. The molecule has 0 atom stereocenters. The maximum atomic E-state index is 11.7. The molecule has 0 aliphatic heterocycles. The smallest absolute Gasteiger partial charge is 0.311 e. The summed E-state index contributed by atoms with van der Waals surface area (Å²) >= 11 is 11.7. The van der Waals surface area contributed by atoms with Crippen LogP contribution >= 0.6 is 23.2 Å². The van der Waals surface area contributed by atoms with Crippen molar-refractivity contribution in [1.82, 2.24) is 0 Å². The van der Waals surface area contributed by atoms with E-state index < -0.39 is 5.97 Å². The molecule has 6 heteroatoms. The van der Waals surface area contributed by atoms with E-state index in [1.54, 1.807) is 6.07 Å². The summed E-state index contributed by atoms with van der Waals surface area (Å²) in [4.78, 5) is 23.3. The molecule has 0 aliphatic carbocycles. The predicted octanol–water partition coefficient (Wildman–Crippen LogP) is 5.97. The minimum atomic E-state index is -0.522. The maximum Gasteiger partial charge on any atom is 0.311 e. The summed E-state index contributed by atoms with van der Waals surface area (Å²) in [6.45, 7) is 2.60. The summed E-state index contributed by atoms with van der Waals surface area (Å²) in [6.07, 6.45) is 8.10. The average molecular weight is 389 g/mol. The zero-order valence-corrected chi connectivity index (χ0v) is 16.2. The van der Waals surface area contributed by atoms with E-state index in [1.807, 2.05) is 0 Å². The molecular weight excluding hydrogens is 363 g/mol. The van der Waals surface area contributed by atoms with Crippen LogP contribution in [0.5, 0.6) is 5.75 Å². The van der Waals surface area contributed by atoms with Gasteiger partial charge >= 0.3 is 11.9 Å². The summed E-state index contributed by atoms with van der Waals surface area (Å²) in [5.74, 6) is -0.641. The van der Waals surface area contributed by atoms with E-state index in [1.165, 1.54) is 44.2 Å². The van der Waals surface area contributed by atoms with Gasteiger partial charge in [0.25, 0.3) is 0 Å². The van der Waals surface area contributed by atoms with E-state index in [-0.39, 0.29) is 24.6 Å². The van der Waals surface area contributed by atoms with Gasteiger partial charge in [-0.1, -0.05) is 68.7 Å². The summed E-state index contributed by atoms with van der Waals surface area (Å²) in [5.41, 5.74) is 0. The number of esters is 2. The quantitative estimate of drug-likeness (QED) is 0.251. The Balaban J connectivity index is 2.10. The molecule has 25 heavy (non-hydrogen) atoms. The Morgan fingerprint density at radius 1 is 0.840 bits per heavy atom. The summed E-state index contributed by atoms with van der Waals surface area (Å²) in [5, 5.41) is 0.758. The minimum absolute atomic E-state index is 0.00360. The van der Waals surface area contributed by atoms with Gasteiger partial charge in [-0.15, -0.1) is 0 Å². The van der Waals surface area contributed by atoms with E-state index in [0.29, 0.717) is 16.7 Å². The SMILES string of the molecule is CCCCCCCCCOC(=O)CCC(=O)Oc1cc(Cl)cc(Cl)c1. The van der Waals surface area contributed by atoms with Crippen molar-refractivity contribution in [3.63, 3.8) is 0 Å². The lowest BCUT2D eigenvalue weighted by Gasteiger charge is -2.06. The highest BCUT2D eigenvalue weighted by Gasteiger charge is 2.11. The van der Waals surface area contributed by atoms with Gasteiger partial charge in [-0.25, -0.2) is 0 Å². The van der Waals surface area contributed by atoms with Gasteiger partial charge in [0.15, 0.2) is 0 Å². The van der Waals surface area contributed by atoms with Crippen LogP contribution in [0, 0.1) is 0 Å². The summed E-state index contributed by atoms with van der Waals surface area (Å²) < 4.78 is 10.2. The van der Waals surface area contributed by atoms with Gasteiger partial charge in [0.2, 0.25) is 0 Å². The van der Waals surface area contributed by atoms with Crippen molar-refractivity contribution in [2.24, 2.45) is 0 Å². The molecule has 1 aromatic rings. The van der Waals surface area contributed by atoms with Gasteiger partial charge < -0.3 is 9.47 Å². The third-order valence-electron chi connectivity index (χ3n) is 3.61. The Kier molecular flexibility index (Phi) is 11.3. The first kappa shape index (κ1) is 21.8. The van der Waals surface area contributed by atoms with Crippen LogP contribution in [0.25, 0.3) is 0 Å². The highest BCUT2D eigenvalue weighted by atomic mass is 35.5. The fourth-order valence-electron chi connectivity index (χ4n) is 2.29. The molecule has 0 saturated heterocycles. The molecule has 1 aromatic carbocycles. The number of ether oxygens (including phenoxy) is 2. The Morgan fingerprint density at radius 2 is 1.40 bits per heavy atom. The van der Waals surface area contributed by atoms with Gasteiger partial charge in [0.1, 0.15) is 5.75 Å². The second-order valence-corrected chi connectivity index (χ2v) is 6.79. The lowest BCUT2D eigenvalue weighted by Crippen LogP contribution is -2.12. The molecule has 0 heterocycles. The van der Waals surface area contributed by atoms with Crippen molar-refractivity contribution >= 4 is 35.1 Å². The van der Waals surface area contributed by atoms with Crippen LogP contribution in [0.2, 0.25) is 10.0 Å². The lowest BCUT2D eigenvalue weighted by molar-refractivity contribution is -0.147. The Morgan fingerprint density at radius 3 is 2.04 bits per heavy atom. The zero-order chi connectivity index (χ0) is 18.5. The molecule has 0 saturated carbocycles. The molecule has 0 N–H and O–H groups in total. The van der Waals surface area contributed by atoms with Crippen LogP contribution in [-0.2, 0) is 14.3 Å². The van der Waals surface area contributed by atoms with E-state index in [9.17, 15) is 9.59 Å². The fourth-order valence-corrected chi connectivity index (χ4v) is 2.80. The predicted molar refractivity (Wildman–Crippen MR) is 100 cm³/mol. The molecule has 0 radical (unpaired) electrons. The number of benzene rings is 1. The first-order valence-electron chi connectivity index (χ1n) is 8.83. The largest absolute Gasteiger partial charge is 0.466 e.